The molecular formula is C26H40O4. The first kappa shape index (κ1) is 23.1. The van der Waals surface area contributed by atoms with E-state index in [4.69, 9.17) is 13.9 Å². The molecule has 5 atom stereocenters. The quantitative estimate of drug-likeness (QED) is 0.267. The van der Waals surface area contributed by atoms with Crippen molar-refractivity contribution in [3.05, 3.63) is 36.3 Å². The molecule has 1 aromatic heterocycles. The van der Waals surface area contributed by atoms with E-state index in [1.165, 1.54) is 31.1 Å². The number of carbonyl (C=O) groups is 1. The van der Waals surface area contributed by atoms with Crippen LogP contribution >= 0.6 is 0 Å². The number of rotatable bonds is 9. The first-order valence-corrected chi connectivity index (χ1v) is 11.8. The molecular weight excluding hydrogens is 376 g/mol. The van der Waals surface area contributed by atoms with Crippen molar-refractivity contribution < 1.29 is 18.7 Å². The summed E-state index contributed by atoms with van der Waals surface area (Å²) < 4.78 is 17.0. The van der Waals surface area contributed by atoms with Crippen molar-refractivity contribution in [3.8, 4) is 0 Å². The Labute approximate surface area is 182 Å². The Morgan fingerprint density at radius 3 is 2.77 bits per heavy atom. The Balaban J connectivity index is 1.83. The van der Waals surface area contributed by atoms with Gasteiger partial charge in [-0.15, -0.1) is 0 Å². The number of furan rings is 1. The normalized spacial score (nSPS) is 33.9. The van der Waals surface area contributed by atoms with Gasteiger partial charge in [-0.2, -0.15) is 0 Å². The Hall–Kier alpha value is -1.55. The number of fused-ring (bicyclic) bond motifs is 1. The maximum atomic E-state index is 13.2. The number of aryl methyl sites for hydroxylation is 1. The second-order valence-corrected chi connectivity index (χ2v) is 9.86. The number of hydrogen-bond acceptors (Lipinski definition) is 4. The molecule has 0 amide bonds. The highest BCUT2D eigenvalue weighted by atomic mass is 16.5. The van der Waals surface area contributed by atoms with Gasteiger partial charge >= 0.3 is 5.97 Å². The lowest BCUT2D eigenvalue weighted by atomic mass is 9.46. The van der Waals surface area contributed by atoms with Crippen molar-refractivity contribution in [1.82, 2.24) is 0 Å². The van der Waals surface area contributed by atoms with Gasteiger partial charge in [-0.3, -0.25) is 4.79 Å². The summed E-state index contributed by atoms with van der Waals surface area (Å²) in [5.74, 6) is 0.526. The maximum Gasteiger partial charge on any atom is 0.314 e. The Morgan fingerprint density at radius 2 is 2.10 bits per heavy atom. The smallest absolute Gasteiger partial charge is 0.314 e. The second kappa shape index (κ2) is 9.72. The van der Waals surface area contributed by atoms with Crippen LogP contribution in [0.4, 0.5) is 0 Å². The van der Waals surface area contributed by atoms with Crippen LogP contribution in [-0.2, 0) is 20.7 Å². The molecule has 4 nitrogen and oxygen atoms in total. The highest BCUT2D eigenvalue weighted by Crippen LogP contribution is 2.62. The molecule has 2 fully saturated rings. The lowest BCUT2D eigenvalue weighted by Gasteiger charge is -2.59. The molecule has 30 heavy (non-hydrogen) atoms. The molecule has 0 bridgehead atoms. The first-order valence-electron chi connectivity index (χ1n) is 11.8. The van der Waals surface area contributed by atoms with Gasteiger partial charge in [0.2, 0.25) is 0 Å². The van der Waals surface area contributed by atoms with Crippen LogP contribution in [0.15, 0.2) is 35.2 Å². The summed E-state index contributed by atoms with van der Waals surface area (Å²) in [4.78, 5) is 13.2. The number of carbonyl (C=O) groups excluding carboxylic acids is 1. The molecule has 2 aliphatic carbocycles. The minimum atomic E-state index is -0.609. The predicted molar refractivity (Wildman–Crippen MR) is 119 cm³/mol. The fraction of sp³-hybridized carbons (Fsp3) is 0.731. The fourth-order valence-corrected chi connectivity index (χ4v) is 6.45. The molecule has 0 radical (unpaired) electrons. The average molecular weight is 417 g/mol. The SMILES string of the molecule is C=C1CCC2C(C)(CCC(OCCCCC)C2(C)C(=O)OC)C1CCc1ccoc1. The number of hydrogen-bond donors (Lipinski definition) is 0. The molecule has 0 N–H and O–H groups in total. The zero-order valence-corrected chi connectivity index (χ0v) is 19.4. The van der Waals surface area contributed by atoms with Gasteiger partial charge in [0.05, 0.1) is 31.2 Å². The minimum Gasteiger partial charge on any atom is -0.472 e. The van der Waals surface area contributed by atoms with Crippen LogP contribution in [0.3, 0.4) is 0 Å². The van der Waals surface area contributed by atoms with Gasteiger partial charge in [-0.1, -0.05) is 38.8 Å². The third-order valence-corrected chi connectivity index (χ3v) is 8.17. The average Bonchev–Trinajstić information content (AvgIpc) is 3.25. The van der Waals surface area contributed by atoms with Crippen LogP contribution < -0.4 is 0 Å². The predicted octanol–water partition coefficient (Wildman–Crippen LogP) is 6.35. The summed E-state index contributed by atoms with van der Waals surface area (Å²) in [6.45, 7) is 11.9. The summed E-state index contributed by atoms with van der Waals surface area (Å²) in [5.41, 5.74) is 2.00. The van der Waals surface area contributed by atoms with Crippen LogP contribution in [-0.4, -0.2) is 25.8 Å². The molecule has 1 heterocycles. The lowest BCUT2D eigenvalue weighted by Crippen LogP contribution is -2.60. The van der Waals surface area contributed by atoms with Crippen LogP contribution in [0.1, 0.15) is 77.7 Å². The maximum absolute atomic E-state index is 13.2. The van der Waals surface area contributed by atoms with Gasteiger partial charge < -0.3 is 13.9 Å². The van der Waals surface area contributed by atoms with E-state index in [9.17, 15) is 4.79 Å². The molecule has 3 rings (SSSR count). The van der Waals surface area contributed by atoms with Crippen LogP contribution in [0, 0.1) is 22.7 Å². The van der Waals surface area contributed by atoms with E-state index in [1.54, 1.807) is 6.26 Å². The van der Waals surface area contributed by atoms with E-state index in [-0.39, 0.29) is 23.4 Å². The van der Waals surface area contributed by atoms with Crippen molar-refractivity contribution >= 4 is 5.97 Å². The van der Waals surface area contributed by atoms with Gasteiger partial charge in [0.1, 0.15) is 0 Å². The number of esters is 1. The van der Waals surface area contributed by atoms with Gasteiger partial charge in [0.15, 0.2) is 0 Å². The lowest BCUT2D eigenvalue weighted by molar-refractivity contribution is -0.194. The van der Waals surface area contributed by atoms with Crippen LogP contribution in [0.25, 0.3) is 0 Å². The Bertz CT molecular complexity index is 709. The Kier molecular flexibility index (Phi) is 7.49. The molecule has 0 aromatic carbocycles. The van der Waals surface area contributed by atoms with Crippen LogP contribution in [0.5, 0.6) is 0 Å². The molecule has 4 heteroatoms. The molecule has 5 unspecified atom stereocenters. The van der Waals surface area contributed by atoms with E-state index >= 15 is 0 Å². The van der Waals surface area contributed by atoms with Gasteiger partial charge in [0, 0.05) is 6.61 Å². The topological polar surface area (TPSA) is 48.7 Å². The number of ether oxygens (including phenoxy) is 2. The number of allylic oxidation sites excluding steroid dienone is 1. The number of unbranched alkanes of at least 4 members (excludes halogenated alkanes) is 2. The highest BCUT2D eigenvalue weighted by molar-refractivity contribution is 5.78. The van der Waals surface area contributed by atoms with Crippen molar-refractivity contribution in [2.24, 2.45) is 22.7 Å². The third-order valence-electron chi connectivity index (χ3n) is 8.17. The van der Waals surface area contributed by atoms with Gasteiger partial charge in [-0.25, -0.2) is 0 Å². The Morgan fingerprint density at radius 1 is 1.30 bits per heavy atom. The van der Waals surface area contributed by atoms with Crippen molar-refractivity contribution in [2.45, 2.75) is 84.7 Å². The summed E-state index contributed by atoms with van der Waals surface area (Å²) in [6, 6.07) is 2.05. The summed E-state index contributed by atoms with van der Waals surface area (Å²) in [5, 5.41) is 0. The van der Waals surface area contributed by atoms with Crippen LogP contribution in [0.2, 0.25) is 0 Å². The van der Waals surface area contributed by atoms with E-state index in [1.807, 2.05) is 12.3 Å². The molecule has 2 aliphatic rings. The van der Waals surface area contributed by atoms with E-state index in [0.717, 1.165) is 51.6 Å². The second-order valence-electron chi connectivity index (χ2n) is 9.86. The largest absolute Gasteiger partial charge is 0.472 e. The zero-order chi connectivity index (χ0) is 21.8. The van der Waals surface area contributed by atoms with Gasteiger partial charge in [-0.05, 0) is 80.8 Å². The summed E-state index contributed by atoms with van der Waals surface area (Å²) >= 11 is 0. The first-order chi connectivity index (χ1) is 14.4. The van der Waals surface area contributed by atoms with E-state index < -0.39 is 5.41 Å². The van der Waals surface area contributed by atoms with Crippen molar-refractivity contribution in [2.75, 3.05) is 13.7 Å². The molecule has 2 saturated carbocycles. The standard InChI is InChI=1S/C26H40O4/c1-6-7-8-16-30-23-13-15-25(3)21(11-10-20-14-17-29-18-20)19(2)9-12-22(25)26(23,4)24(27)28-5/h14,17-18,21-23H,2,6-13,15-16H2,1,3-5H3. The number of methoxy groups -OCH3 is 1. The van der Waals surface area contributed by atoms with Gasteiger partial charge in [0.25, 0.3) is 0 Å². The molecule has 1 aromatic rings. The third kappa shape index (κ3) is 4.26. The van der Waals surface area contributed by atoms with E-state index in [2.05, 4.69) is 27.4 Å². The van der Waals surface area contributed by atoms with Crippen molar-refractivity contribution in [1.29, 1.82) is 0 Å². The molecule has 168 valence electrons. The van der Waals surface area contributed by atoms with Crippen molar-refractivity contribution in [3.63, 3.8) is 0 Å². The monoisotopic (exact) mass is 416 g/mol. The highest BCUT2D eigenvalue weighted by Gasteiger charge is 2.62. The summed E-state index contributed by atoms with van der Waals surface area (Å²) in [7, 11) is 1.52. The molecule has 0 saturated heterocycles. The van der Waals surface area contributed by atoms with E-state index in [0.29, 0.717) is 5.92 Å². The molecule has 0 aliphatic heterocycles. The fourth-order valence-electron chi connectivity index (χ4n) is 6.45. The summed E-state index contributed by atoms with van der Waals surface area (Å²) in [6.07, 6.45) is 12.9. The molecule has 0 spiro atoms. The minimum absolute atomic E-state index is 0.0330. The zero-order valence-electron chi connectivity index (χ0n) is 19.4.